The molecular weight excluding hydrogens is 570 g/mol. The Morgan fingerprint density at radius 3 is 2.53 bits per heavy atom. The maximum atomic E-state index is 13.8. The van der Waals surface area contributed by atoms with Crippen molar-refractivity contribution in [2.45, 2.75) is 57.3 Å². The number of hydrogen-bond donors (Lipinski definition) is 6. The van der Waals surface area contributed by atoms with E-state index in [1.54, 1.807) is 32.1 Å². The minimum absolute atomic E-state index is 0.157. The highest BCUT2D eigenvalue weighted by Crippen LogP contribution is 2.20. The van der Waals surface area contributed by atoms with Gasteiger partial charge < -0.3 is 32.2 Å². The summed E-state index contributed by atoms with van der Waals surface area (Å²) in [6.07, 6.45) is 3.25. The first kappa shape index (κ1) is 33.4. The molecule has 2 aromatic rings. The van der Waals surface area contributed by atoms with Crippen LogP contribution in [0.5, 0.6) is 5.75 Å². The van der Waals surface area contributed by atoms with Gasteiger partial charge in [0.05, 0.1) is 18.6 Å². The number of aryl methyl sites for hydroxylation is 1. The van der Waals surface area contributed by atoms with E-state index in [1.165, 1.54) is 0 Å². The lowest BCUT2D eigenvalue weighted by Gasteiger charge is -2.29. The van der Waals surface area contributed by atoms with Crippen molar-refractivity contribution in [2.24, 2.45) is 22.4 Å². The summed E-state index contributed by atoms with van der Waals surface area (Å²) in [6, 6.07) is 11.7. The quantitative estimate of drug-likeness (QED) is 0.163. The molecular formula is C31H42ClN7O4. The second kappa shape index (κ2) is 16.5. The first-order valence-corrected chi connectivity index (χ1v) is 14.7. The highest BCUT2D eigenvalue weighted by atomic mass is 35.5. The van der Waals surface area contributed by atoms with Crippen molar-refractivity contribution in [1.29, 1.82) is 0 Å². The van der Waals surface area contributed by atoms with Crippen LogP contribution in [0.2, 0.25) is 5.02 Å². The number of amides is 3. The van der Waals surface area contributed by atoms with E-state index in [2.05, 4.69) is 32.8 Å². The van der Waals surface area contributed by atoms with E-state index < -0.39 is 41.9 Å². The zero-order valence-electron chi connectivity index (χ0n) is 24.6. The molecule has 0 radical (unpaired) electrons. The standard InChI is InChI=1S/C31H42ClN7O4/c1-4-23-18-43-26-13-6-5-10-21(26)11-8-14-35-28(40)25(17-36-31(33)34)38-30(42)27(19(2)3)39-29(41)24(37-23)16-20-9-7-12-22(32)15-20/h4-7,9-10,12-13,15,19,23-25,27,37H,1,8,11,14,16-18H2,2-3H3,(H,35,40)(H,38,42)(H,39,41)(H4,33,34,36)/t23-,24+,25-,27+/m0/s1. The molecule has 43 heavy (non-hydrogen) atoms. The summed E-state index contributed by atoms with van der Waals surface area (Å²) in [5.41, 5.74) is 12.8. The van der Waals surface area contributed by atoms with E-state index in [0.29, 0.717) is 30.2 Å². The molecule has 1 aliphatic heterocycles. The number of fused-ring (bicyclic) bond motifs is 1. The van der Waals surface area contributed by atoms with Gasteiger partial charge in [0.25, 0.3) is 0 Å². The fourth-order valence-electron chi connectivity index (χ4n) is 4.66. The molecule has 3 rings (SSSR count). The van der Waals surface area contributed by atoms with Gasteiger partial charge in [-0.15, -0.1) is 6.58 Å². The fourth-order valence-corrected chi connectivity index (χ4v) is 4.87. The van der Waals surface area contributed by atoms with Gasteiger partial charge in [-0.1, -0.05) is 61.9 Å². The summed E-state index contributed by atoms with van der Waals surface area (Å²) in [5.74, 6) is -1.19. The Kier molecular flexibility index (Phi) is 12.8. The highest BCUT2D eigenvalue weighted by molar-refractivity contribution is 6.30. The number of nitrogens with one attached hydrogen (secondary N) is 4. The molecule has 0 saturated heterocycles. The highest BCUT2D eigenvalue weighted by Gasteiger charge is 2.31. The van der Waals surface area contributed by atoms with E-state index in [1.807, 2.05) is 36.4 Å². The van der Waals surface area contributed by atoms with Crippen LogP contribution in [0, 0.1) is 5.92 Å². The van der Waals surface area contributed by atoms with Crippen molar-refractivity contribution >= 4 is 35.3 Å². The smallest absolute Gasteiger partial charge is 0.244 e. The van der Waals surface area contributed by atoms with Crippen molar-refractivity contribution < 1.29 is 19.1 Å². The van der Waals surface area contributed by atoms with Crippen LogP contribution in [0.4, 0.5) is 0 Å². The molecule has 0 spiro atoms. The lowest BCUT2D eigenvalue weighted by molar-refractivity contribution is -0.133. The maximum absolute atomic E-state index is 13.8. The molecule has 0 saturated carbocycles. The summed E-state index contributed by atoms with van der Waals surface area (Å²) in [5, 5.41) is 12.3. The number of ether oxygens (including phenoxy) is 1. The fraction of sp³-hybridized carbons (Fsp3) is 0.419. The van der Waals surface area contributed by atoms with E-state index in [0.717, 1.165) is 11.1 Å². The molecule has 0 fully saturated rings. The molecule has 2 aromatic carbocycles. The predicted molar refractivity (Wildman–Crippen MR) is 169 cm³/mol. The Bertz CT molecular complexity index is 1300. The lowest BCUT2D eigenvalue weighted by Crippen LogP contribution is -2.59. The maximum Gasteiger partial charge on any atom is 0.244 e. The topological polar surface area (TPSA) is 173 Å². The number of nitrogens with two attached hydrogens (primary N) is 2. The minimum atomic E-state index is -1.05. The molecule has 0 bridgehead atoms. The van der Waals surface area contributed by atoms with Crippen LogP contribution >= 0.6 is 11.6 Å². The Labute approximate surface area is 257 Å². The Hall–Kier alpha value is -4.09. The molecule has 12 heteroatoms. The number of guanidine groups is 1. The van der Waals surface area contributed by atoms with Crippen molar-refractivity contribution in [2.75, 3.05) is 19.7 Å². The second-order valence-electron chi connectivity index (χ2n) is 10.8. The van der Waals surface area contributed by atoms with Crippen LogP contribution in [0.25, 0.3) is 0 Å². The first-order chi connectivity index (χ1) is 20.6. The van der Waals surface area contributed by atoms with Crippen molar-refractivity contribution in [3.63, 3.8) is 0 Å². The summed E-state index contributed by atoms with van der Waals surface area (Å²) in [4.78, 5) is 44.3. The predicted octanol–water partition coefficient (Wildman–Crippen LogP) is 1.44. The first-order valence-electron chi connectivity index (χ1n) is 14.3. The number of benzene rings is 2. The zero-order valence-corrected chi connectivity index (χ0v) is 25.4. The number of rotatable bonds is 6. The number of aliphatic imine (C=N–C) groups is 1. The van der Waals surface area contributed by atoms with Crippen LogP contribution in [0.3, 0.4) is 0 Å². The van der Waals surface area contributed by atoms with Gasteiger partial charge in [0, 0.05) is 11.6 Å². The van der Waals surface area contributed by atoms with Gasteiger partial charge >= 0.3 is 0 Å². The van der Waals surface area contributed by atoms with E-state index in [9.17, 15) is 14.4 Å². The van der Waals surface area contributed by atoms with Gasteiger partial charge in [0.1, 0.15) is 24.4 Å². The molecule has 0 aliphatic carbocycles. The zero-order chi connectivity index (χ0) is 31.4. The third-order valence-corrected chi connectivity index (χ3v) is 7.23. The normalized spacial score (nSPS) is 22.5. The van der Waals surface area contributed by atoms with Crippen LogP contribution in [-0.4, -0.2) is 67.5 Å². The average Bonchev–Trinajstić information content (AvgIpc) is 2.97. The number of carbonyl (C=O) groups excluding carboxylic acids is 3. The van der Waals surface area contributed by atoms with Crippen LogP contribution in [0.1, 0.15) is 31.4 Å². The number of nitrogens with zero attached hydrogens (tertiary/aromatic N) is 1. The molecule has 0 aromatic heterocycles. The molecule has 3 amide bonds. The monoisotopic (exact) mass is 611 g/mol. The Morgan fingerprint density at radius 1 is 1.07 bits per heavy atom. The number of hydrogen-bond acceptors (Lipinski definition) is 6. The molecule has 0 unspecified atom stereocenters. The van der Waals surface area contributed by atoms with Gasteiger partial charge in [0.2, 0.25) is 17.7 Å². The number of para-hydroxylation sites is 1. The largest absolute Gasteiger partial charge is 0.491 e. The molecule has 11 nitrogen and oxygen atoms in total. The van der Waals surface area contributed by atoms with E-state index in [4.69, 9.17) is 27.8 Å². The molecule has 8 N–H and O–H groups in total. The van der Waals surface area contributed by atoms with Gasteiger partial charge in [-0.05, 0) is 54.5 Å². The SMILES string of the molecule is C=C[C@H]1COc2ccccc2CCCNC(=O)[C@H](CN=C(N)N)NC(=O)[C@@H](C(C)C)NC(=O)[C@@H](Cc2cccc(Cl)c2)N1. The van der Waals surface area contributed by atoms with Crippen molar-refractivity contribution in [1.82, 2.24) is 21.3 Å². The van der Waals surface area contributed by atoms with E-state index in [-0.39, 0.29) is 31.4 Å². The summed E-state index contributed by atoms with van der Waals surface area (Å²) in [7, 11) is 0. The van der Waals surface area contributed by atoms with Crippen LogP contribution < -0.4 is 37.5 Å². The number of carbonyl (C=O) groups is 3. The lowest BCUT2D eigenvalue weighted by atomic mass is 10.00. The van der Waals surface area contributed by atoms with Crippen LogP contribution in [0.15, 0.2) is 66.2 Å². The van der Waals surface area contributed by atoms with Gasteiger partial charge in [0.15, 0.2) is 5.96 Å². The van der Waals surface area contributed by atoms with Crippen LogP contribution in [-0.2, 0) is 27.2 Å². The van der Waals surface area contributed by atoms with Crippen molar-refractivity contribution in [3.8, 4) is 5.75 Å². The third-order valence-electron chi connectivity index (χ3n) is 6.99. The Balaban J connectivity index is 1.96. The Morgan fingerprint density at radius 2 is 1.84 bits per heavy atom. The number of halogens is 1. The molecule has 4 atom stereocenters. The third kappa shape index (κ3) is 10.6. The van der Waals surface area contributed by atoms with Crippen molar-refractivity contribution in [3.05, 3.63) is 77.3 Å². The minimum Gasteiger partial charge on any atom is -0.491 e. The van der Waals surface area contributed by atoms with Gasteiger partial charge in [-0.3, -0.25) is 24.7 Å². The summed E-state index contributed by atoms with van der Waals surface area (Å²) in [6.45, 7) is 7.97. The average molecular weight is 612 g/mol. The van der Waals surface area contributed by atoms with Gasteiger partial charge in [-0.2, -0.15) is 0 Å². The molecule has 232 valence electrons. The second-order valence-corrected chi connectivity index (χ2v) is 11.2. The summed E-state index contributed by atoms with van der Waals surface area (Å²) >= 11 is 6.22. The summed E-state index contributed by atoms with van der Waals surface area (Å²) < 4.78 is 6.18. The molecule has 1 heterocycles. The van der Waals surface area contributed by atoms with E-state index >= 15 is 0 Å². The van der Waals surface area contributed by atoms with Gasteiger partial charge in [-0.25, -0.2) is 0 Å². The molecule has 1 aliphatic rings.